The van der Waals surface area contributed by atoms with Gasteiger partial charge in [-0.1, -0.05) is 18.2 Å². The van der Waals surface area contributed by atoms with E-state index in [4.69, 9.17) is 9.47 Å². The average Bonchev–Trinajstić information content (AvgIpc) is 2.62. The first-order valence-electron chi connectivity index (χ1n) is 8.19. The van der Waals surface area contributed by atoms with E-state index in [2.05, 4.69) is 0 Å². The van der Waals surface area contributed by atoms with Crippen LogP contribution in [0.15, 0.2) is 42.5 Å². The smallest absolute Gasteiger partial charge is 0.331 e. The fourth-order valence-corrected chi connectivity index (χ4v) is 2.36. The first kappa shape index (κ1) is 19.2. The van der Waals surface area contributed by atoms with Gasteiger partial charge in [-0.3, -0.25) is 4.79 Å². The van der Waals surface area contributed by atoms with Crippen molar-refractivity contribution >= 4 is 17.8 Å². The van der Waals surface area contributed by atoms with Gasteiger partial charge in [-0.15, -0.1) is 0 Å². The molecule has 0 spiro atoms. The third kappa shape index (κ3) is 4.72. The van der Waals surface area contributed by atoms with Gasteiger partial charge in [0.05, 0.1) is 7.11 Å². The molecule has 26 heavy (non-hydrogen) atoms. The molecule has 0 amide bonds. The summed E-state index contributed by atoms with van der Waals surface area (Å²) >= 11 is 0. The number of hydrogen-bond donors (Lipinski definition) is 1. The van der Waals surface area contributed by atoms with Gasteiger partial charge in [0.25, 0.3) is 0 Å². The van der Waals surface area contributed by atoms with Crippen LogP contribution in [-0.4, -0.2) is 30.1 Å². The molecule has 1 N–H and O–H groups in total. The molecular formula is C21H22O5. The second-order valence-corrected chi connectivity index (χ2v) is 6.01. The number of methoxy groups -OCH3 is 1. The molecule has 1 atom stereocenters. The molecule has 0 saturated carbocycles. The molecule has 0 aliphatic heterocycles. The minimum atomic E-state index is -0.886. The van der Waals surface area contributed by atoms with E-state index in [0.717, 1.165) is 11.1 Å². The van der Waals surface area contributed by atoms with Crippen LogP contribution in [0.4, 0.5) is 0 Å². The summed E-state index contributed by atoms with van der Waals surface area (Å²) < 4.78 is 10.2. The number of phenols is 1. The minimum Gasteiger partial charge on any atom is -0.504 e. The maximum Gasteiger partial charge on any atom is 0.331 e. The van der Waals surface area contributed by atoms with Gasteiger partial charge in [-0.05, 0) is 61.7 Å². The van der Waals surface area contributed by atoms with Crippen molar-refractivity contribution in [2.45, 2.75) is 26.9 Å². The topological polar surface area (TPSA) is 72.8 Å². The van der Waals surface area contributed by atoms with E-state index in [-0.39, 0.29) is 11.5 Å². The SMILES string of the molecule is COc1cc(/C=C/C(=O)OC(C)C(=O)c2ccc(C)c(C)c2)ccc1O. The molecule has 2 aromatic rings. The summed E-state index contributed by atoms with van der Waals surface area (Å²) in [4.78, 5) is 24.4. The predicted octanol–water partition coefficient (Wildman–Crippen LogP) is 3.85. The fraction of sp³-hybridized carbons (Fsp3) is 0.238. The summed E-state index contributed by atoms with van der Waals surface area (Å²) in [5.74, 6) is -0.554. The Balaban J connectivity index is 2.02. The highest BCUT2D eigenvalue weighted by Gasteiger charge is 2.18. The minimum absolute atomic E-state index is 0.0137. The number of carbonyl (C=O) groups excluding carboxylic acids is 2. The zero-order chi connectivity index (χ0) is 19.3. The Morgan fingerprint density at radius 3 is 2.46 bits per heavy atom. The second-order valence-electron chi connectivity index (χ2n) is 6.01. The first-order valence-corrected chi connectivity index (χ1v) is 8.19. The summed E-state index contributed by atoms with van der Waals surface area (Å²) in [7, 11) is 1.44. The van der Waals surface area contributed by atoms with Crippen molar-refractivity contribution in [3.8, 4) is 11.5 Å². The number of carbonyl (C=O) groups is 2. The Bertz CT molecular complexity index is 851. The Labute approximate surface area is 152 Å². The third-order valence-electron chi connectivity index (χ3n) is 4.07. The summed E-state index contributed by atoms with van der Waals surface area (Å²) in [6, 6.07) is 10.1. The highest BCUT2D eigenvalue weighted by Crippen LogP contribution is 2.26. The van der Waals surface area contributed by atoms with Crippen molar-refractivity contribution in [3.05, 3.63) is 64.7 Å². The van der Waals surface area contributed by atoms with Crippen molar-refractivity contribution < 1.29 is 24.2 Å². The Hall–Kier alpha value is -3.08. The van der Waals surface area contributed by atoms with Crippen molar-refractivity contribution in [1.29, 1.82) is 0 Å². The first-order chi connectivity index (χ1) is 12.3. The monoisotopic (exact) mass is 354 g/mol. The second kappa shape index (κ2) is 8.34. The van der Waals surface area contributed by atoms with Crippen LogP contribution in [-0.2, 0) is 9.53 Å². The lowest BCUT2D eigenvalue weighted by molar-refractivity contribution is -0.140. The molecule has 2 rings (SSSR count). The van der Waals surface area contributed by atoms with Crippen molar-refractivity contribution in [1.82, 2.24) is 0 Å². The highest BCUT2D eigenvalue weighted by atomic mass is 16.5. The third-order valence-corrected chi connectivity index (χ3v) is 4.07. The number of ketones is 1. The largest absolute Gasteiger partial charge is 0.504 e. The van der Waals surface area contributed by atoms with E-state index in [1.807, 2.05) is 19.9 Å². The normalized spacial score (nSPS) is 12.0. The molecule has 5 heteroatoms. The molecule has 1 unspecified atom stereocenters. The van der Waals surface area contributed by atoms with Gasteiger partial charge in [0, 0.05) is 11.6 Å². The summed E-state index contributed by atoms with van der Waals surface area (Å²) in [5.41, 5.74) is 3.28. The van der Waals surface area contributed by atoms with E-state index >= 15 is 0 Å². The van der Waals surface area contributed by atoms with Crippen LogP contribution in [0.5, 0.6) is 11.5 Å². The van der Waals surface area contributed by atoms with Gasteiger partial charge >= 0.3 is 5.97 Å². The predicted molar refractivity (Wildman–Crippen MR) is 99.5 cm³/mol. The summed E-state index contributed by atoms with van der Waals surface area (Å²) in [5, 5.41) is 9.56. The number of esters is 1. The summed E-state index contributed by atoms with van der Waals surface area (Å²) in [6.07, 6.45) is 1.87. The van der Waals surface area contributed by atoms with Gasteiger partial charge in [0.1, 0.15) is 0 Å². The van der Waals surface area contributed by atoms with Crippen molar-refractivity contribution in [2.24, 2.45) is 0 Å². The van der Waals surface area contributed by atoms with Crippen molar-refractivity contribution in [2.75, 3.05) is 7.11 Å². The zero-order valence-corrected chi connectivity index (χ0v) is 15.3. The van der Waals surface area contributed by atoms with Crippen LogP contribution in [0, 0.1) is 13.8 Å². The maximum absolute atomic E-state index is 12.4. The lowest BCUT2D eigenvalue weighted by atomic mass is 10.0. The Morgan fingerprint density at radius 2 is 1.81 bits per heavy atom. The molecule has 0 aromatic heterocycles. The molecule has 0 radical (unpaired) electrons. The van der Waals surface area contributed by atoms with Crippen molar-refractivity contribution in [3.63, 3.8) is 0 Å². The Morgan fingerprint density at radius 1 is 1.08 bits per heavy atom. The van der Waals surface area contributed by atoms with E-state index in [1.165, 1.54) is 25.3 Å². The summed E-state index contributed by atoms with van der Waals surface area (Å²) in [6.45, 7) is 5.44. The zero-order valence-electron chi connectivity index (χ0n) is 15.3. The molecule has 0 heterocycles. The van der Waals surface area contributed by atoms with Crippen LogP contribution < -0.4 is 4.74 Å². The molecule has 0 saturated heterocycles. The fourth-order valence-electron chi connectivity index (χ4n) is 2.36. The van der Waals surface area contributed by atoms with Gasteiger partial charge < -0.3 is 14.6 Å². The molecule has 136 valence electrons. The van der Waals surface area contributed by atoms with Gasteiger partial charge in [0.2, 0.25) is 5.78 Å². The molecule has 0 aliphatic rings. The Kier molecular flexibility index (Phi) is 6.17. The maximum atomic E-state index is 12.4. The van der Waals surface area contributed by atoms with Gasteiger partial charge in [0.15, 0.2) is 17.6 Å². The molecule has 0 fully saturated rings. The quantitative estimate of drug-likeness (QED) is 0.485. The van der Waals surface area contributed by atoms with Crippen LogP contribution in [0.25, 0.3) is 6.08 Å². The molecule has 0 aliphatic carbocycles. The molecular weight excluding hydrogens is 332 g/mol. The number of aryl methyl sites for hydroxylation is 2. The lowest BCUT2D eigenvalue weighted by Gasteiger charge is -2.12. The van der Waals surface area contributed by atoms with E-state index in [9.17, 15) is 14.7 Å². The number of hydrogen-bond acceptors (Lipinski definition) is 5. The molecule has 0 bridgehead atoms. The molecule has 5 nitrogen and oxygen atoms in total. The van der Waals surface area contributed by atoms with Crippen LogP contribution >= 0.6 is 0 Å². The number of rotatable bonds is 6. The highest BCUT2D eigenvalue weighted by molar-refractivity contribution is 6.01. The van der Waals surface area contributed by atoms with E-state index in [1.54, 1.807) is 31.2 Å². The van der Waals surface area contributed by atoms with Crippen LogP contribution in [0.1, 0.15) is 34.0 Å². The number of benzene rings is 2. The number of phenolic OH excluding ortho intramolecular Hbond substituents is 1. The molecule has 2 aromatic carbocycles. The average molecular weight is 354 g/mol. The van der Waals surface area contributed by atoms with E-state index in [0.29, 0.717) is 16.9 Å². The van der Waals surface area contributed by atoms with Crippen LogP contribution in [0.3, 0.4) is 0 Å². The standard InChI is InChI=1S/C21H22O5/c1-13-5-8-17(11-14(13)2)21(24)15(3)26-20(23)10-7-16-6-9-18(22)19(12-16)25-4/h5-12,15,22H,1-4H3/b10-7+. The van der Waals surface area contributed by atoms with Crippen LogP contribution in [0.2, 0.25) is 0 Å². The van der Waals surface area contributed by atoms with Gasteiger partial charge in [-0.25, -0.2) is 4.79 Å². The number of aromatic hydroxyl groups is 1. The number of Topliss-reactive ketones (excluding diaryl/α,β-unsaturated/α-hetero) is 1. The van der Waals surface area contributed by atoms with Gasteiger partial charge in [-0.2, -0.15) is 0 Å². The number of ether oxygens (including phenoxy) is 2. The van der Waals surface area contributed by atoms with E-state index < -0.39 is 12.1 Å². The lowest BCUT2D eigenvalue weighted by Crippen LogP contribution is -2.23.